The van der Waals surface area contributed by atoms with Gasteiger partial charge in [-0.05, 0) is 83.6 Å². The first kappa shape index (κ1) is 24.8. The Balaban J connectivity index is 1.49. The molecule has 7 aromatic carbocycles. The summed E-state index contributed by atoms with van der Waals surface area (Å²) in [7, 11) is 0. The molecule has 1 aliphatic rings. The second-order valence-electron chi connectivity index (χ2n) is 11.9. The van der Waals surface area contributed by atoms with E-state index in [2.05, 4.69) is 166 Å². The molecule has 42 heavy (non-hydrogen) atoms. The molecule has 8 rings (SSSR count). The lowest BCUT2D eigenvalue weighted by molar-refractivity contribution is 0.768. The molecular weight excluding hydrogens is 504 g/mol. The van der Waals surface area contributed by atoms with Crippen LogP contribution in [0.15, 0.2) is 152 Å². The summed E-state index contributed by atoms with van der Waals surface area (Å²) in [5.74, 6) is 0.447. The van der Waals surface area contributed by atoms with Crippen LogP contribution < -0.4 is 0 Å². The second-order valence-corrected chi connectivity index (χ2v) is 11.9. The van der Waals surface area contributed by atoms with Gasteiger partial charge in [0.25, 0.3) is 0 Å². The van der Waals surface area contributed by atoms with E-state index in [9.17, 15) is 0 Å². The Kier molecular flexibility index (Phi) is 5.66. The standard InChI is InChI=1S/C42H32/c1-28(2)30-18-22-37-39-25-24-36-35-21-19-31(29-12-6-3-7-13-29)26-32(35)20-23-38(36)41(39)42(40(37)27-30,33-14-8-4-9-15-33)34-16-10-5-11-17-34/h3-28H,1-2H3. The third-order valence-electron chi connectivity index (χ3n) is 9.32. The van der Waals surface area contributed by atoms with Crippen LogP contribution in [0.1, 0.15) is 47.6 Å². The van der Waals surface area contributed by atoms with Crippen molar-refractivity contribution in [3.8, 4) is 22.3 Å². The van der Waals surface area contributed by atoms with Gasteiger partial charge >= 0.3 is 0 Å². The number of hydrogen-bond acceptors (Lipinski definition) is 0. The van der Waals surface area contributed by atoms with Crippen LogP contribution in [0.3, 0.4) is 0 Å². The van der Waals surface area contributed by atoms with Crippen molar-refractivity contribution in [1.29, 1.82) is 0 Å². The minimum Gasteiger partial charge on any atom is -0.0622 e. The summed E-state index contributed by atoms with van der Waals surface area (Å²) in [6.45, 7) is 4.59. The molecule has 1 aliphatic carbocycles. The SMILES string of the molecule is CC(C)c1ccc2c(c1)C(c1ccccc1)(c1ccccc1)c1c-2ccc2c1ccc1cc(-c3ccccc3)ccc12. The summed E-state index contributed by atoms with van der Waals surface area (Å²) in [6, 6.07) is 56.5. The molecule has 200 valence electrons. The molecule has 0 aromatic heterocycles. The maximum atomic E-state index is 2.49. The van der Waals surface area contributed by atoms with Crippen molar-refractivity contribution in [3.63, 3.8) is 0 Å². The molecule has 0 saturated heterocycles. The van der Waals surface area contributed by atoms with Crippen molar-refractivity contribution in [2.75, 3.05) is 0 Å². The number of benzene rings is 7. The summed E-state index contributed by atoms with van der Waals surface area (Å²) in [5, 5.41) is 5.19. The average Bonchev–Trinajstić information content (AvgIpc) is 3.36. The molecule has 0 spiro atoms. The van der Waals surface area contributed by atoms with E-state index in [1.807, 2.05) is 0 Å². The van der Waals surface area contributed by atoms with E-state index < -0.39 is 5.41 Å². The first-order valence-corrected chi connectivity index (χ1v) is 15.0. The van der Waals surface area contributed by atoms with Gasteiger partial charge in [-0.25, -0.2) is 0 Å². The molecule has 0 fully saturated rings. The lowest BCUT2D eigenvalue weighted by Gasteiger charge is -2.35. The van der Waals surface area contributed by atoms with Crippen LogP contribution in [-0.4, -0.2) is 0 Å². The van der Waals surface area contributed by atoms with E-state index in [1.165, 1.54) is 71.6 Å². The van der Waals surface area contributed by atoms with Gasteiger partial charge in [0.1, 0.15) is 0 Å². The van der Waals surface area contributed by atoms with Crippen LogP contribution in [0.2, 0.25) is 0 Å². The fourth-order valence-corrected chi connectivity index (χ4v) is 7.33. The largest absolute Gasteiger partial charge is 0.0719 e. The Bertz CT molecular complexity index is 2040. The monoisotopic (exact) mass is 536 g/mol. The quantitative estimate of drug-likeness (QED) is 0.196. The van der Waals surface area contributed by atoms with Crippen LogP contribution in [0.4, 0.5) is 0 Å². The highest BCUT2D eigenvalue weighted by Crippen LogP contribution is 2.58. The Morgan fingerprint density at radius 3 is 1.71 bits per heavy atom. The fourth-order valence-electron chi connectivity index (χ4n) is 7.33. The van der Waals surface area contributed by atoms with Gasteiger partial charge in [-0.3, -0.25) is 0 Å². The molecule has 0 amide bonds. The van der Waals surface area contributed by atoms with Crippen molar-refractivity contribution in [1.82, 2.24) is 0 Å². The van der Waals surface area contributed by atoms with Gasteiger partial charge in [0.15, 0.2) is 0 Å². The van der Waals surface area contributed by atoms with Gasteiger partial charge in [0, 0.05) is 0 Å². The highest BCUT2D eigenvalue weighted by Gasteiger charge is 2.47. The molecule has 0 unspecified atom stereocenters. The molecular formula is C42H32. The lowest BCUT2D eigenvalue weighted by atomic mass is 9.66. The molecule has 0 heterocycles. The minimum atomic E-state index is -0.421. The zero-order valence-electron chi connectivity index (χ0n) is 24.0. The fraction of sp³-hybridized carbons (Fsp3) is 0.0952. The average molecular weight is 537 g/mol. The Morgan fingerprint density at radius 1 is 0.452 bits per heavy atom. The zero-order valence-corrected chi connectivity index (χ0v) is 24.0. The van der Waals surface area contributed by atoms with E-state index in [-0.39, 0.29) is 0 Å². The molecule has 0 aliphatic heterocycles. The Morgan fingerprint density at radius 2 is 1.05 bits per heavy atom. The van der Waals surface area contributed by atoms with Gasteiger partial charge in [0.05, 0.1) is 5.41 Å². The summed E-state index contributed by atoms with van der Waals surface area (Å²) >= 11 is 0. The van der Waals surface area contributed by atoms with E-state index in [1.54, 1.807) is 0 Å². The van der Waals surface area contributed by atoms with Crippen molar-refractivity contribution < 1.29 is 0 Å². The molecule has 0 nitrogen and oxygen atoms in total. The number of fused-ring (bicyclic) bond motifs is 7. The van der Waals surface area contributed by atoms with E-state index in [0.717, 1.165) is 0 Å². The van der Waals surface area contributed by atoms with Gasteiger partial charge in [-0.1, -0.05) is 159 Å². The predicted molar refractivity (Wildman–Crippen MR) is 178 cm³/mol. The van der Waals surface area contributed by atoms with Gasteiger partial charge in [0.2, 0.25) is 0 Å². The van der Waals surface area contributed by atoms with Gasteiger partial charge < -0.3 is 0 Å². The maximum Gasteiger partial charge on any atom is 0.0719 e. The number of rotatable bonds is 4. The van der Waals surface area contributed by atoms with E-state index in [0.29, 0.717) is 5.92 Å². The van der Waals surface area contributed by atoms with Gasteiger partial charge in [-0.15, -0.1) is 0 Å². The summed E-state index contributed by atoms with van der Waals surface area (Å²) in [4.78, 5) is 0. The van der Waals surface area contributed by atoms with E-state index >= 15 is 0 Å². The van der Waals surface area contributed by atoms with Crippen molar-refractivity contribution in [3.05, 3.63) is 179 Å². The molecule has 0 radical (unpaired) electrons. The summed E-state index contributed by atoms with van der Waals surface area (Å²) in [5.41, 5.74) is 11.5. The van der Waals surface area contributed by atoms with Gasteiger partial charge in [-0.2, -0.15) is 0 Å². The first-order valence-electron chi connectivity index (χ1n) is 15.0. The second kappa shape index (κ2) is 9.57. The molecule has 0 saturated carbocycles. The normalized spacial score (nSPS) is 13.4. The highest BCUT2D eigenvalue weighted by molar-refractivity contribution is 6.13. The minimum absolute atomic E-state index is 0.421. The van der Waals surface area contributed by atoms with Crippen molar-refractivity contribution in [2.45, 2.75) is 25.2 Å². The van der Waals surface area contributed by atoms with Crippen LogP contribution in [-0.2, 0) is 5.41 Å². The molecule has 0 heteroatoms. The van der Waals surface area contributed by atoms with Crippen molar-refractivity contribution in [2.24, 2.45) is 0 Å². The summed E-state index contributed by atoms with van der Waals surface area (Å²) in [6.07, 6.45) is 0. The highest BCUT2D eigenvalue weighted by atomic mass is 14.5. The third-order valence-corrected chi connectivity index (χ3v) is 9.32. The maximum absolute atomic E-state index is 2.49. The van der Waals surface area contributed by atoms with Crippen LogP contribution in [0, 0.1) is 0 Å². The van der Waals surface area contributed by atoms with Crippen LogP contribution in [0.25, 0.3) is 43.8 Å². The first-order chi connectivity index (χ1) is 20.7. The van der Waals surface area contributed by atoms with E-state index in [4.69, 9.17) is 0 Å². The predicted octanol–water partition coefficient (Wildman–Crippen LogP) is 11.1. The zero-order chi connectivity index (χ0) is 28.3. The Labute approximate surface area is 247 Å². The topological polar surface area (TPSA) is 0 Å². The van der Waals surface area contributed by atoms with Crippen LogP contribution >= 0.6 is 0 Å². The number of hydrogen-bond donors (Lipinski definition) is 0. The molecule has 7 aromatic rings. The molecule has 0 N–H and O–H groups in total. The molecule has 0 atom stereocenters. The van der Waals surface area contributed by atoms with Crippen molar-refractivity contribution >= 4 is 21.5 Å². The third kappa shape index (κ3) is 3.55. The van der Waals surface area contributed by atoms with Crippen LogP contribution in [0.5, 0.6) is 0 Å². The smallest absolute Gasteiger partial charge is 0.0622 e. The lowest BCUT2D eigenvalue weighted by Crippen LogP contribution is -2.29. The Hall–Kier alpha value is -4.94. The molecule has 0 bridgehead atoms. The summed E-state index contributed by atoms with van der Waals surface area (Å²) < 4.78 is 0.